The van der Waals surface area contributed by atoms with Crippen LogP contribution in [0.15, 0.2) is 54.8 Å². The fraction of sp³-hybridized carbons (Fsp3) is 0.333. The highest BCUT2D eigenvalue weighted by Crippen LogP contribution is 2.35. The number of amides is 2. The van der Waals surface area contributed by atoms with Gasteiger partial charge in [0.05, 0.1) is 17.7 Å². The summed E-state index contributed by atoms with van der Waals surface area (Å²) in [4.78, 5) is 31.4. The van der Waals surface area contributed by atoms with Crippen molar-refractivity contribution in [2.24, 2.45) is 11.7 Å². The van der Waals surface area contributed by atoms with Gasteiger partial charge in [-0.2, -0.15) is 18.3 Å². The molecule has 1 aliphatic carbocycles. The number of aromatic nitrogens is 3. The maximum Gasteiger partial charge on any atom is 0.435 e. The van der Waals surface area contributed by atoms with Gasteiger partial charge >= 0.3 is 6.18 Å². The summed E-state index contributed by atoms with van der Waals surface area (Å²) in [6.45, 7) is -0.0724. The number of alkyl halides is 4. The van der Waals surface area contributed by atoms with Gasteiger partial charge in [0.1, 0.15) is 24.4 Å². The first kappa shape index (κ1) is 31.0. The third kappa shape index (κ3) is 6.69. The second-order valence-electron chi connectivity index (χ2n) is 10.8. The predicted molar refractivity (Wildman–Crippen MR) is 147 cm³/mol. The number of hydrogen-bond donors (Lipinski definition) is 2. The number of fused-ring (bicyclic) bond motifs is 1. The number of pyridine rings is 1. The fourth-order valence-electron chi connectivity index (χ4n) is 5.55. The van der Waals surface area contributed by atoms with Gasteiger partial charge in [-0.05, 0) is 48.9 Å². The van der Waals surface area contributed by atoms with Crippen molar-refractivity contribution in [3.05, 3.63) is 100 Å². The molecule has 0 spiro atoms. The van der Waals surface area contributed by atoms with Crippen LogP contribution in [0.4, 0.5) is 26.3 Å². The summed E-state index contributed by atoms with van der Waals surface area (Å²) in [5, 5.41) is 6.48. The van der Waals surface area contributed by atoms with Gasteiger partial charge in [-0.1, -0.05) is 18.2 Å². The lowest BCUT2D eigenvalue weighted by atomic mass is 9.88. The number of carbonyl (C=O) groups excluding carboxylic acids is 2. The molecular formula is C30H28F6N6O2. The van der Waals surface area contributed by atoms with Crippen LogP contribution in [0.25, 0.3) is 5.57 Å². The van der Waals surface area contributed by atoms with Crippen molar-refractivity contribution in [1.82, 2.24) is 25.0 Å². The summed E-state index contributed by atoms with van der Waals surface area (Å²) in [6, 6.07) is 4.98. The zero-order valence-electron chi connectivity index (χ0n) is 23.4. The highest BCUT2D eigenvalue weighted by atomic mass is 19.4. The van der Waals surface area contributed by atoms with Crippen LogP contribution in [0, 0.1) is 17.6 Å². The van der Waals surface area contributed by atoms with Crippen molar-refractivity contribution in [3.8, 4) is 0 Å². The average molecular weight is 619 g/mol. The molecule has 0 saturated heterocycles. The molecule has 3 heterocycles. The van der Waals surface area contributed by atoms with Crippen molar-refractivity contribution < 1.29 is 35.9 Å². The Kier molecular flexibility index (Phi) is 8.64. The van der Waals surface area contributed by atoms with Gasteiger partial charge in [-0.3, -0.25) is 19.3 Å². The van der Waals surface area contributed by atoms with Crippen LogP contribution in [0.3, 0.4) is 0 Å². The van der Waals surface area contributed by atoms with Crippen molar-refractivity contribution >= 4 is 17.4 Å². The molecule has 1 aliphatic heterocycles. The zero-order chi connectivity index (χ0) is 31.8. The van der Waals surface area contributed by atoms with Gasteiger partial charge in [-0.25, -0.2) is 13.2 Å². The van der Waals surface area contributed by atoms with E-state index in [-0.39, 0.29) is 36.2 Å². The summed E-state index contributed by atoms with van der Waals surface area (Å²) < 4.78 is 84.9. The molecule has 2 aromatic heterocycles. The molecule has 0 saturated carbocycles. The number of likely N-dealkylation sites (N-methyl/N-ethyl adjacent to an activating group) is 1. The standard InChI is InChI=1S/C30H28F6N6O2/c1-41-8-6-25-22(14-41)28(30(34,35)36)40-42(25)15-26(43)39-24(11-16-9-18(31)13-19(32)10-16)27-20(3-2-7-38-27)17-4-5-23(33)21(12-17)29(37)44/h2-5,7,9-10,12-13,21,23-24H,6,8,11,14-15H2,1H3,(H2,37,44)(H,39,43)/t21?,23?,24-/m0/s1. The quantitative estimate of drug-likeness (QED) is 0.371. The summed E-state index contributed by atoms with van der Waals surface area (Å²) in [6.07, 6.45) is -0.956. The van der Waals surface area contributed by atoms with Crippen molar-refractivity contribution in [3.63, 3.8) is 0 Å². The van der Waals surface area contributed by atoms with Gasteiger partial charge in [0.15, 0.2) is 5.69 Å². The number of nitrogens with two attached hydrogens (primary N) is 1. The van der Waals surface area contributed by atoms with Crippen molar-refractivity contribution in [2.75, 3.05) is 13.6 Å². The molecule has 0 radical (unpaired) electrons. The van der Waals surface area contributed by atoms with Gasteiger partial charge in [0.2, 0.25) is 11.8 Å². The van der Waals surface area contributed by atoms with Crippen LogP contribution in [0.2, 0.25) is 0 Å². The lowest BCUT2D eigenvalue weighted by molar-refractivity contribution is -0.142. The summed E-state index contributed by atoms with van der Waals surface area (Å²) >= 11 is 0. The Bertz CT molecular complexity index is 1630. The third-order valence-electron chi connectivity index (χ3n) is 7.55. The number of allylic oxidation sites excluding steroid dienone is 3. The Balaban J connectivity index is 1.51. The molecule has 3 aromatic rings. The Morgan fingerprint density at radius 3 is 2.59 bits per heavy atom. The van der Waals surface area contributed by atoms with Crippen molar-refractivity contribution in [1.29, 1.82) is 0 Å². The first-order valence-corrected chi connectivity index (χ1v) is 13.7. The van der Waals surface area contributed by atoms with E-state index in [1.165, 1.54) is 18.3 Å². The average Bonchev–Trinajstić information content (AvgIpc) is 3.30. The molecule has 14 heteroatoms. The molecule has 8 nitrogen and oxygen atoms in total. The monoisotopic (exact) mass is 618 g/mol. The van der Waals surface area contributed by atoms with E-state index >= 15 is 0 Å². The lowest BCUT2D eigenvalue weighted by Crippen LogP contribution is -2.35. The molecule has 3 N–H and O–H groups in total. The molecule has 2 aliphatic rings. The number of hydrogen-bond acceptors (Lipinski definition) is 5. The first-order chi connectivity index (χ1) is 20.8. The van der Waals surface area contributed by atoms with Crippen LogP contribution in [-0.2, 0) is 41.7 Å². The van der Waals surface area contributed by atoms with Crippen LogP contribution in [0.5, 0.6) is 0 Å². The molecule has 2 amide bonds. The summed E-state index contributed by atoms with van der Waals surface area (Å²) in [5.41, 5.74) is 5.73. The van der Waals surface area contributed by atoms with E-state index in [2.05, 4.69) is 15.4 Å². The highest BCUT2D eigenvalue weighted by Gasteiger charge is 2.40. The second kappa shape index (κ2) is 12.3. The van der Waals surface area contributed by atoms with E-state index < -0.39 is 60.0 Å². The second-order valence-corrected chi connectivity index (χ2v) is 10.8. The number of halogens is 6. The number of nitrogens with one attached hydrogen (secondary N) is 1. The molecule has 1 aromatic carbocycles. The minimum absolute atomic E-state index is 0.00374. The maximum absolute atomic E-state index is 14.3. The zero-order valence-corrected chi connectivity index (χ0v) is 23.4. The van der Waals surface area contributed by atoms with Crippen molar-refractivity contribution in [2.45, 2.75) is 44.3 Å². The van der Waals surface area contributed by atoms with Gasteiger partial charge in [0.25, 0.3) is 0 Å². The van der Waals surface area contributed by atoms with Crippen LogP contribution in [-0.4, -0.2) is 51.2 Å². The summed E-state index contributed by atoms with van der Waals surface area (Å²) in [5.74, 6) is -4.59. The molecule has 0 fully saturated rings. The smallest absolute Gasteiger partial charge is 0.369 e. The minimum Gasteiger partial charge on any atom is -0.369 e. The molecule has 3 atom stereocenters. The Morgan fingerprint density at radius 2 is 1.91 bits per heavy atom. The van der Waals surface area contributed by atoms with Crippen LogP contribution >= 0.6 is 0 Å². The predicted octanol–water partition coefficient (Wildman–Crippen LogP) is 4.06. The number of carbonyl (C=O) groups is 2. The molecule has 232 valence electrons. The SMILES string of the molecule is CN1CCc2c(c(C(F)(F)F)nn2CC(=O)N[C@@H](Cc2cc(F)cc(F)c2)c2ncccc2C2=CC(C(N)=O)C(F)C=C2)C1. The lowest BCUT2D eigenvalue weighted by Gasteiger charge is -2.25. The molecule has 0 bridgehead atoms. The molecule has 5 rings (SSSR count). The van der Waals surface area contributed by atoms with E-state index in [0.717, 1.165) is 22.9 Å². The van der Waals surface area contributed by atoms with Gasteiger partial charge in [0, 0.05) is 48.6 Å². The minimum atomic E-state index is -4.72. The molecule has 2 unspecified atom stereocenters. The Morgan fingerprint density at radius 1 is 1.18 bits per heavy atom. The Hall–Kier alpha value is -4.46. The first-order valence-electron chi connectivity index (χ1n) is 13.7. The van der Waals surface area contributed by atoms with Crippen LogP contribution in [0.1, 0.15) is 39.8 Å². The fourth-order valence-corrected chi connectivity index (χ4v) is 5.55. The van der Waals surface area contributed by atoms with Gasteiger partial charge < -0.3 is 16.0 Å². The normalized spacial score (nSPS) is 19.3. The van der Waals surface area contributed by atoms with E-state index in [0.29, 0.717) is 29.4 Å². The van der Waals surface area contributed by atoms with E-state index in [4.69, 9.17) is 5.73 Å². The third-order valence-corrected chi connectivity index (χ3v) is 7.55. The van der Waals surface area contributed by atoms with E-state index in [9.17, 15) is 35.9 Å². The highest BCUT2D eigenvalue weighted by molar-refractivity contribution is 5.86. The number of rotatable bonds is 8. The number of primary amides is 1. The summed E-state index contributed by atoms with van der Waals surface area (Å²) in [7, 11) is 1.69. The maximum atomic E-state index is 14.3. The molecular weight excluding hydrogens is 590 g/mol. The molecule has 44 heavy (non-hydrogen) atoms. The van der Waals surface area contributed by atoms with E-state index in [1.807, 2.05) is 0 Å². The van der Waals surface area contributed by atoms with Gasteiger partial charge in [-0.15, -0.1) is 0 Å². The number of benzene rings is 1. The topological polar surface area (TPSA) is 106 Å². The van der Waals surface area contributed by atoms with E-state index in [1.54, 1.807) is 24.1 Å². The Labute approximate surface area is 248 Å². The van der Waals surface area contributed by atoms with Crippen LogP contribution < -0.4 is 11.1 Å². The number of nitrogens with zero attached hydrogens (tertiary/aromatic N) is 4. The largest absolute Gasteiger partial charge is 0.435 e.